The SMILES string of the molecule is CCCc1c(C)c(C)c(C)c(CCC)c1CCC. The molecule has 0 saturated heterocycles. The van der Waals surface area contributed by atoms with Crippen LogP contribution in [0.4, 0.5) is 0 Å². The molecule has 0 amide bonds. The lowest BCUT2D eigenvalue weighted by atomic mass is 9.83. The van der Waals surface area contributed by atoms with Crippen LogP contribution in [0, 0.1) is 20.8 Å². The summed E-state index contributed by atoms with van der Waals surface area (Å²) in [7, 11) is 0. The first-order chi connectivity index (χ1) is 8.58. The molecular formula is C18H30. The zero-order valence-electron chi connectivity index (χ0n) is 13.2. The minimum absolute atomic E-state index is 1.25. The molecule has 1 rings (SSSR count). The second kappa shape index (κ2) is 6.97. The molecule has 0 spiro atoms. The predicted molar refractivity (Wildman–Crippen MR) is 82.6 cm³/mol. The average molecular weight is 246 g/mol. The van der Waals surface area contributed by atoms with Gasteiger partial charge in [-0.15, -0.1) is 0 Å². The second-order valence-corrected chi connectivity index (χ2v) is 5.56. The molecule has 102 valence electrons. The molecule has 0 fully saturated rings. The molecule has 0 radical (unpaired) electrons. The molecule has 0 N–H and O–H groups in total. The van der Waals surface area contributed by atoms with Gasteiger partial charge < -0.3 is 0 Å². The fraction of sp³-hybridized carbons (Fsp3) is 0.667. The first kappa shape index (κ1) is 15.3. The van der Waals surface area contributed by atoms with E-state index in [4.69, 9.17) is 0 Å². The lowest BCUT2D eigenvalue weighted by molar-refractivity contribution is 0.810. The third-order valence-electron chi connectivity index (χ3n) is 4.26. The largest absolute Gasteiger partial charge is 0.0651 e. The summed E-state index contributed by atoms with van der Waals surface area (Å²) in [5.41, 5.74) is 9.63. The van der Waals surface area contributed by atoms with Gasteiger partial charge in [-0.1, -0.05) is 40.0 Å². The second-order valence-electron chi connectivity index (χ2n) is 5.56. The molecule has 18 heavy (non-hydrogen) atoms. The van der Waals surface area contributed by atoms with Gasteiger partial charge in [-0.05, 0) is 73.4 Å². The smallest absolute Gasteiger partial charge is 0.0276 e. The van der Waals surface area contributed by atoms with Crippen LogP contribution in [0.3, 0.4) is 0 Å². The van der Waals surface area contributed by atoms with Crippen molar-refractivity contribution in [2.24, 2.45) is 0 Å². The number of rotatable bonds is 6. The minimum Gasteiger partial charge on any atom is -0.0651 e. The van der Waals surface area contributed by atoms with Gasteiger partial charge in [0.25, 0.3) is 0 Å². The topological polar surface area (TPSA) is 0 Å². The van der Waals surface area contributed by atoms with E-state index in [9.17, 15) is 0 Å². The third kappa shape index (κ3) is 2.96. The van der Waals surface area contributed by atoms with Crippen LogP contribution in [0.25, 0.3) is 0 Å². The molecule has 0 heterocycles. The summed E-state index contributed by atoms with van der Waals surface area (Å²) in [6.45, 7) is 13.8. The van der Waals surface area contributed by atoms with Crippen LogP contribution in [0.5, 0.6) is 0 Å². The zero-order valence-corrected chi connectivity index (χ0v) is 13.2. The van der Waals surface area contributed by atoms with Crippen LogP contribution in [0.1, 0.15) is 73.4 Å². The highest BCUT2D eigenvalue weighted by atomic mass is 14.2. The van der Waals surface area contributed by atoms with Crippen LogP contribution in [0.15, 0.2) is 0 Å². The summed E-state index contributed by atoms with van der Waals surface area (Å²) in [6, 6.07) is 0. The van der Waals surface area contributed by atoms with Crippen molar-refractivity contribution in [2.75, 3.05) is 0 Å². The Balaban J connectivity index is 3.46. The summed E-state index contributed by atoms with van der Waals surface area (Å²) in [6.07, 6.45) is 7.53. The van der Waals surface area contributed by atoms with Gasteiger partial charge in [-0.3, -0.25) is 0 Å². The van der Waals surface area contributed by atoms with Gasteiger partial charge in [0, 0.05) is 0 Å². The van der Waals surface area contributed by atoms with Gasteiger partial charge in [-0.2, -0.15) is 0 Å². The summed E-state index contributed by atoms with van der Waals surface area (Å²) in [4.78, 5) is 0. The first-order valence-corrected chi connectivity index (χ1v) is 7.68. The van der Waals surface area contributed by atoms with Crippen molar-refractivity contribution in [3.8, 4) is 0 Å². The maximum absolute atomic E-state index is 2.32. The highest BCUT2D eigenvalue weighted by Gasteiger charge is 2.15. The Labute approximate surface area is 114 Å². The van der Waals surface area contributed by atoms with Gasteiger partial charge >= 0.3 is 0 Å². The Morgan fingerprint density at radius 3 is 1.17 bits per heavy atom. The van der Waals surface area contributed by atoms with Gasteiger partial charge in [-0.25, -0.2) is 0 Å². The number of benzene rings is 1. The molecule has 0 aliphatic carbocycles. The van der Waals surface area contributed by atoms with E-state index < -0.39 is 0 Å². The summed E-state index contributed by atoms with van der Waals surface area (Å²) in [5, 5.41) is 0. The quantitative estimate of drug-likeness (QED) is 0.624. The predicted octanol–water partition coefficient (Wildman–Crippen LogP) is 5.47. The van der Waals surface area contributed by atoms with Gasteiger partial charge in [0.1, 0.15) is 0 Å². The lowest BCUT2D eigenvalue weighted by Gasteiger charge is -2.22. The van der Waals surface area contributed by atoms with E-state index in [1.165, 1.54) is 44.1 Å². The van der Waals surface area contributed by atoms with Gasteiger partial charge in [0.15, 0.2) is 0 Å². The molecule has 0 atom stereocenters. The van der Waals surface area contributed by atoms with E-state index in [0.717, 1.165) is 0 Å². The van der Waals surface area contributed by atoms with Crippen molar-refractivity contribution in [3.05, 3.63) is 33.4 Å². The van der Waals surface area contributed by atoms with E-state index in [0.29, 0.717) is 0 Å². The van der Waals surface area contributed by atoms with Gasteiger partial charge in [0.2, 0.25) is 0 Å². The molecule has 1 aromatic rings. The molecule has 0 aliphatic heterocycles. The third-order valence-corrected chi connectivity index (χ3v) is 4.26. The molecule has 1 aromatic carbocycles. The van der Waals surface area contributed by atoms with Crippen LogP contribution in [-0.2, 0) is 19.3 Å². The summed E-state index contributed by atoms with van der Waals surface area (Å²) in [5.74, 6) is 0. The van der Waals surface area contributed by atoms with Crippen LogP contribution in [-0.4, -0.2) is 0 Å². The Kier molecular flexibility index (Phi) is 5.91. The fourth-order valence-electron chi connectivity index (χ4n) is 3.10. The molecule has 0 aliphatic rings. The normalized spacial score (nSPS) is 11.0. The van der Waals surface area contributed by atoms with E-state index in [2.05, 4.69) is 41.5 Å². The van der Waals surface area contributed by atoms with E-state index in [1.807, 2.05) is 0 Å². The zero-order chi connectivity index (χ0) is 13.7. The van der Waals surface area contributed by atoms with Crippen LogP contribution < -0.4 is 0 Å². The lowest BCUT2D eigenvalue weighted by Crippen LogP contribution is -2.08. The Morgan fingerprint density at radius 1 is 0.500 bits per heavy atom. The van der Waals surface area contributed by atoms with Crippen molar-refractivity contribution in [2.45, 2.75) is 80.1 Å². The maximum atomic E-state index is 2.32. The minimum atomic E-state index is 1.25. The number of hydrogen-bond acceptors (Lipinski definition) is 0. The summed E-state index contributed by atoms with van der Waals surface area (Å²) < 4.78 is 0. The van der Waals surface area contributed by atoms with Crippen molar-refractivity contribution >= 4 is 0 Å². The standard InChI is InChI=1S/C18H30/c1-7-10-16-14(5)13(4)15(6)17(11-8-2)18(16)12-9-3/h7-12H2,1-6H3. The maximum Gasteiger partial charge on any atom is -0.0276 e. The molecule has 0 bridgehead atoms. The Morgan fingerprint density at radius 2 is 0.833 bits per heavy atom. The molecule has 0 saturated carbocycles. The van der Waals surface area contributed by atoms with Crippen molar-refractivity contribution in [3.63, 3.8) is 0 Å². The molecule has 0 heteroatoms. The first-order valence-electron chi connectivity index (χ1n) is 7.68. The Hall–Kier alpha value is -0.780. The van der Waals surface area contributed by atoms with Crippen molar-refractivity contribution in [1.29, 1.82) is 0 Å². The Bertz CT molecular complexity index is 366. The van der Waals surface area contributed by atoms with Crippen LogP contribution >= 0.6 is 0 Å². The number of hydrogen-bond donors (Lipinski definition) is 0. The van der Waals surface area contributed by atoms with E-state index in [1.54, 1.807) is 27.8 Å². The van der Waals surface area contributed by atoms with E-state index >= 15 is 0 Å². The van der Waals surface area contributed by atoms with Crippen molar-refractivity contribution in [1.82, 2.24) is 0 Å². The average Bonchev–Trinajstić information content (AvgIpc) is 2.36. The highest BCUT2D eigenvalue weighted by molar-refractivity contribution is 5.51. The molecular weight excluding hydrogens is 216 g/mol. The molecule has 0 unspecified atom stereocenters. The molecule has 0 nitrogen and oxygen atoms in total. The van der Waals surface area contributed by atoms with Crippen LogP contribution in [0.2, 0.25) is 0 Å². The highest BCUT2D eigenvalue weighted by Crippen LogP contribution is 2.30. The van der Waals surface area contributed by atoms with Crippen molar-refractivity contribution < 1.29 is 0 Å². The van der Waals surface area contributed by atoms with E-state index in [-0.39, 0.29) is 0 Å². The fourth-order valence-corrected chi connectivity index (χ4v) is 3.10. The van der Waals surface area contributed by atoms with Gasteiger partial charge in [0.05, 0.1) is 0 Å². The monoisotopic (exact) mass is 246 g/mol. The molecule has 0 aromatic heterocycles. The summed E-state index contributed by atoms with van der Waals surface area (Å²) >= 11 is 0.